The third-order valence-corrected chi connectivity index (χ3v) is 3.32. The molecule has 2 aliphatic carbocycles. The molecule has 0 spiro atoms. The number of hydrogen-bond acceptors (Lipinski definition) is 0. The van der Waals surface area contributed by atoms with Gasteiger partial charge in [0.25, 0.3) is 0 Å². The first-order chi connectivity index (χ1) is 7.77. The van der Waals surface area contributed by atoms with Crippen molar-refractivity contribution in [3.05, 3.63) is 65.8 Å². The van der Waals surface area contributed by atoms with Crippen LogP contribution in [-0.2, 0) is 6.42 Å². The monoisotopic (exact) mass is 206 g/mol. The van der Waals surface area contributed by atoms with E-state index in [0.717, 1.165) is 18.4 Å². The third kappa shape index (κ3) is 1.23. The largest absolute Gasteiger partial charge is 0.0949 e. The fraction of sp³-hybridized carbons (Fsp3) is 0.125. The lowest BCUT2D eigenvalue weighted by Crippen LogP contribution is -2.04. The molecule has 0 aliphatic heterocycles. The molecule has 1 aromatic rings. The van der Waals surface area contributed by atoms with Crippen molar-refractivity contribution in [3.63, 3.8) is 0 Å². The van der Waals surface area contributed by atoms with Crippen molar-refractivity contribution in [1.29, 1.82) is 0 Å². The minimum absolute atomic E-state index is 0.959. The van der Waals surface area contributed by atoms with E-state index in [1.54, 1.807) is 0 Å². The van der Waals surface area contributed by atoms with E-state index < -0.39 is 0 Å². The summed E-state index contributed by atoms with van der Waals surface area (Å²) in [5, 5.41) is 0. The molecule has 3 rings (SSSR count). The highest BCUT2D eigenvalue weighted by molar-refractivity contribution is 5.90. The lowest BCUT2D eigenvalue weighted by atomic mass is 9.81. The number of rotatable bonds is 0. The van der Waals surface area contributed by atoms with Crippen LogP contribution in [0.1, 0.15) is 28.7 Å². The van der Waals surface area contributed by atoms with Gasteiger partial charge in [-0.3, -0.25) is 0 Å². The van der Waals surface area contributed by atoms with E-state index in [1.165, 1.54) is 27.8 Å². The number of hydrogen-bond donors (Lipinski definition) is 0. The van der Waals surface area contributed by atoms with Gasteiger partial charge in [-0.2, -0.15) is 0 Å². The second kappa shape index (κ2) is 3.34. The molecule has 0 heteroatoms. The van der Waals surface area contributed by atoms with Crippen LogP contribution >= 0.6 is 0 Å². The van der Waals surface area contributed by atoms with Crippen LogP contribution < -0.4 is 0 Å². The summed E-state index contributed by atoms with van der Waals surface area (Å²) < 4.78 is 0. The van der Waals surface area contributed by atoms with Crippen molar-refractivity contribution in [1.82, 2.24) is 0 Å². The predicted molar refractivity (Wildman–Crippen MR) is 71.0 cm³/mol. The van der Waals surface area contributed by atoms with Gasteiger partial charge in [-0.1, -0.05) is 49.6 Å². The van der Waals surface area contributed by atoms with E-state index in [1.807, 2.05) is 0 Å². The van der Waals surface area contributed by atoms with Crippen LogP contribution in [0.25, 0.3) is 17.2 Å². The van der Waals surface area contributed by atoms with Gasteiger partial charge in [0.2, 0.25) is 0 Å². The molecule has 0 amide bonds. The molecule has 0 N–H and O–H groups in total. The molecule has 0 heterocycles. The maximum Gasteiger partial charge on any atom is -0.00735 e. The van der Waals surface area contributed by atoms with E-state index in [-0.39, 0.29) is 0 Å². The van der Waals surface area contributed by atoms with Crippen molar-refractivity contribution < 1.29 is 0 Å². The SMILES string of the molecule is C=C1CC=Cc2ccc3c(c21)C(=C)C=CC3. The quantitative estimate of drug-likeness (QED) is 0.595. The Bertz CT molecular complexity index is 554. The highest BCUT2D eigenvalue weighted by Gasteiger charge is 2.18. The first-order valence-corrected chi connectivity index (χ1v) is 5.64. The molecular weight excluding hydrogens is 192 g/mol. The summed E-state index contributed by atoms with van der Waals surface area (Å²) in [5.41, 5.74) is 7.62. The molecule has 0 aromatic heterocycles. The van der Waals surface area contributed by atoms with Gasteiger partial charge in [0.15, 0.2) is 0 Å². The summed E-state index contributed by atoms with van der Waals surface area (Å²) in [5.74, 6) is 0. The van der Waals surface area contributed by atoms with Gasteiger partial charge in [0, 0.05) is 0 Å². The summed E-state index contributed by atoms with van der Waals surface area (Å²) >= 11 is 0. The minimum Gasteiger partial charge on any atom is -0.0949 e. The second-order valence-electron chi connectivity index (χ2n) is 4.41. The van der Waals surface area contributed by atoms with Gasteiger partial charge in [-0.25, -0.2) is 0 Å². The van der Waals surface area contributed by atoms with Gasteiger partial charge in [0.1, 0.15) is 0 Å². The van der Waals surface area contributed by atoms with Crippen molar-refractivity contribution in [3.8, 4) is 0 Å². The third-order valence-electron chi connectivity index (χ3n) is 3.32. The molecule has 1 aromatic carbocycles. The molecule has 0 atom stereocenters. The first-order valence-electron chi connectivity index (χ1n) is 5.64. The zero-order valence-electron chi connectivity index (χ0n) is 9.29. The molecule has 0 unspecified atom stereocenters. The number of benzene rings is 1. The Morgan fingerprint density at radius 1 is 0.875 bits per heavy atom. The molecule has 0 radical (unpaired) electrons. The highest BCUT2D eigenvalue weighted by atomic mass is 14.2. The van der Waals surface area contributed by atoms with Crippen molar-refractivity contribution >= 4 is 17.2 Å². The Morgan fingerprint density at radius 3 is 2.56 bits per heavy atom. The van der Waals surface area contributed by atoms with Crippen LogP contribution in [0.4, 0.5) is 0 Å². The van der Waals surface area contributed by atoms with Crippen LogP contribution in [0, 0.1) is 0 Å². The molecule has 0 saturated carbocycles. The fourth-order valence-corrected chi connectivity index (χ4v) is 2.56. The molecule has 0 fully saturated rings. The summed E-state index contributed by atoms with van der Waals surface area (Å²) in [7, 11) is 0. The number of fused-ring (bicyclic) bond motifs is 3. The molecule has 16 heavy (non-hydrogen) atoms. The molecular formula is C16H14. The Kier molecular flexibility index (Phi) is 1.97. The van der Waals surface area contributed by atoms with Gasteiger partial charge < -0.3 is 0 Å². The van der Waals surface area contributed by atoms with Crippen LogP contribution in [0.15, 0.2) is 43.5 Å². The summed E-state index contributed by atoms with van der Waals surface area (Å²) in [4.78, 5) is 0. The normalized spacial score (nSPS) is 17.2. The van der Waals surface area contributed by atoms with Crippen LogP contribution in [0.5, 0.6) is 0 Å². The first kappa shape index (κ1) is 9.41. The zero-order valence-corrected chi connectivity index (χ0v) is 9.29. The predicted octanol–water partition coefficient (Wildman–Crippen LogP) is 4.24. The number of allylic oxidation sites excluding steroid dienone is 5. The summed E-state index contributed by atoms with van der Waals surface area (Å²) in [6, 6.07) is 4.41. The van der Waals surface area contributed by atoms with Crippen LogP contribution in [-0.4, -0.2) is 0 Å². The highest BCUT2D eigenvalue weighted by Crippen LogP contribution is 2.37. The average Bonchev–Trinajstić information content (AvgIpc) is 2.29. The summed E-state index contributed by atoms with van der Waals surface area (Å²) in [6.45, 7) is 8.33. The van der Waals surface area contributed by atoms with Gasteiger partial charge in [-0.15, -0.1) is 0 Å². The van der Waals surface area contributed by atoms with Gasteiger partial charge in [-0.05, 0) is 46.2 Å². The molecule has 0 nitrogen and oxygen atoms in total. The Morgan fingerprint density at radius 2 is 1.69 bits per heavy atom. The van der Waals surface area contributed by atoms with E-state index in [2.05, 4.69) is 49.6 Å². The van der Waals surface area contributed by atoms with Gasteiger partial charge in [0.05, 0.1) is 0 Å². The Hall–Kier alpha value is -1.82. The maximum atomic E-state index is 4.18. The zero-order chi connectivity index (χ0) is 11.1. The Balaban J connectivity index is 2.34. The lowest BCUT2D eigenvalue weighted by Gasteiger charge is -2.23. The fourth-order valence-electron chi connectivity index (χ4n) is 2.56. The minimum atomic E-state index is 0.959. The topological polar surface area (TPSA) is 0 Å². The van der Waals surface area contributed by atoms with Gasteiger partial charge >= 0.3 is 0 Å². The van der Waals surface area contributed by atoms with E-state index in [9.17, 15) is 0 Å². The smallest absolute Gasteiger partial charge is 0.00735 e. The van der Waals surface area contributed by atoms with E-state index in [0.29, 0.717) is 0 Å². The van der Waals surface area contributed by atoms with Crippen LogP contribution in [0.2, 0.25) is 0 Å². The van der Waals surface area contributed by atoms with Crippen molar-refractivity contribution in [2.75, 3.05) is 0 Å². The lowest BCUT2D eigenvalue weighted by molar-refractivity contribution is 1.20. The van der Waals surface area contributed by atoms with E-state index in [4.69, 9.17) is 0 Å². The Labute approximate surface area is 96.3 Å². The summed E-state index contributed by atoms with van der Waals surface area (Å²) in [6.07, 6.45) is 10.6. The molecule has 2 aliphatic rings. The second-order valence-corrected chi connectivity index (χ2v) is 4.41. The van der Waals surface area contributed by atoms with Crippen molar-refractivity contribution in [2.45, 2.75) is 12.8 Å². The molecule has 0 bridgehead atoms. The standard InChI is InChI=1S/C16H14/c1-11-5-3-7-13-9-10-14-8-4-6-12(2)16(14)15(11)13/h3-5,8-10H,1-2,6-7H2. The maximum absolute atomic E-state index is 4.18. The van der Waals surface area contributed by atoms with Crippen molar-refractivity contribution in [2.24, 2.45) is 0 Å². The average molecular weight is 206 g/mol. The molecule has 0 saturated heterocycles. The molecule has 78 valence electrons. The van der Waals surface area contributed by atoms with E-state index >= 15 is 0 Å². The van der Waals surface area contributed by atoms with Crippen LogP contribution in [0.3, 0.4) is 0 Å².